The van der Waals surface area contributed by atoms with Crippen molar-refractivity contribution in [3.8, 4) is 0 Å². The highest BCUT2D eigenvalue weighted by molar-refractivity contribution is 7.98. The van der Waals surface area contributed by atoms with Crippen molar-refractivity contribution in [2.24, 2.45) is 0 Å². The van der Waals surface area contributed by atoms with Gasteiger partial charge in [0.25, 0.3) is 5.91 Å². The Morgan fingerprint density at radius 1 is 1.04 bits per heavy atom. The molecule has 0 aliphatic heterocycles. The maximum absolute atomic E-state index is 13.7. The van der Waals surface area contributed by atoms with Gasteiger partial charge in [0, 0.05) is 17.7 Å². The maximum atomic E-state index is 13.7. The Morgan fingerprint density at radius 3 is 2.48 bits per heavy atom. The lowest BCUT2D eigenvalue weighted by molar-refractivity contribution is -0.127. The largest absolute Gasteiger partial charge is 0.452 e. The number of esters is 1. The Balaban J connectivity index is 1.94. The molecule has 0 aliphatic rings. The summed E-state index contributed by atoms with van der Waals surface area (Å²) < 4.78 is 18.7. The number of thioether (sulfide) groups is 1. The summed E-state index contributed by atoms with van der Waals surface area (Å²) >= 11 is 1.30. The summed E-state index contributed by atoms with van der Waals surface area (Å²) in [6.07, 6.45) is 0. The van der Waals surface area contributed by atoms with Crippen molar-refractivity contribution in [1.82, 2.24) is 10.6 Å². The monoisotopic (exact) mass is 390 g/mol. The number of nitrogens with one attached hydrogen (secondary N) is 2. The van der Waals surface area contributed by atoms with Crippen molar-refractivity contribution in [2.75, 3.05) is 20.2 Å². The van der Waals surface area contributed by atoms with Gasteiger partial charge in [0.2, 0.25) is 5.91 Å². The predicted molar refractivity (Wildman–Crippen MR) is 99.8 cm³/mol. The summed E-state index contributed by atoms with van der Waals surface area (Å²) in [5, 5.41) is 4.69. The third-order valence-corrected chi connectivity index (χ3v) is 4.63. The summed E-state index contributed by atoms with van der Waals surface area (Å²) in [5.41, 5.74) is 0.817. The number of hydrogen-bond acceptors (Lipinski definition) is 5. The average molecular weight is 390 g/mol. The van der Waals surface area contributed by atoms with Gasteiger partial charge in [-0.05, 0) is 23.8 Å². The standard InChI is InChI=1S/C19H19FN2O4S/c1-21-17(23)10-22-18(24)11-26-19(25)14-7-3-5-9-16(14)27-12-13-6-2-4-8-15(13)20/h2-9H,10-12H2,1H3,(H,21,23)(H,22,24). The number of likely N-dealkylation sites (N-methyl/N-ethyl adjacent to an activating group) is 1. The average Bonchev–Trinajstić information content (AvgIpc) is 2.69. The Bertz CT molecular complexity index is 829. The van der Waals surface area contributed by atoms with Gasteiger partial charge in [-0.15, -0.1) is 11.8 Å². The van der Waals surface area contributed by atoms with Crippen LogP contribution >= 0.6 is 11.8 Å². The van der Waals surface area contributed by atoms with Crippen molar-refractivity contribution in [1.29, 1.82) is 0 Å². The molecule has 2 rings (SSSR count). The zero-order valence-corrected chi connectivity index (χ0v) is 15.5. The highest BCUT2D eigenvalue weighted by Gasteiger charge is 2.15. The van der Waals surface area contributed by atoms with Crippen LogP contribution in [0.1, 0.15) is 15.9 Å². The Kier molecular flexibility index (Phi) is 7.81. The molecular formula is C19H19FN2O4S. The number of carbonyl (C=O) groups is 3. The minimum absolute atomic E-state index is 0.192. The number of halogens is 1. The molecule has 0 atom stereocenters. The van der Waals surface area contributed by atoms with E-state index in [-0.39, 0.29) is 23.8 Å². The highest BCUT2D eigenvalue weighted by atomic mass is 32.2. The van der Waals surface area contributed by atoms with E-state index in [0.29, 0.717) is 16.2 Å². The van der Waals surface area contributed by atoms with Gasteiger partial charge in [0.1, 0.15) is 5.82 Å². The first-order valence-electron chi connectivity index (χ1n) is 8.11. The molecule has 0 heterocycles. The molecule has 6 nitrogen and oxygen atoms in total. The van der Waals surface area contributed by atoms with Gasteiger partial charge in [-0.2, -0.15) is 0 Å². The topological polar surface area (TPSA) is 84.5 Å². The van der Waals surface area contributed by atoms with Gasteiger partial charge in [-0.1, -0.05) is 30.3 Å². The number of ether oxygens (including phenoxy) is 1. The summed E-state index contributed by atoms with van der Waals surface area (Å²) in [6, 6.07) is 13.2. The van der Waals surface area contributed by atoms with E-state index in [1.54, 1.807) is 42.5 Å². The van der Waals surface area contributed by atoms with Crippen LogP contribution in [0.4, 0.5) is 4.39 Å². The van der Waals surface area contributed by atoms with Crippen LogP contribution in [-0.2, 0) is 20.1 Å². The molecule has 0 unspecified atom stereocenters. The molecule has 2 amide bonds. The van der Waals surface area contributed by atoms with E-state index >= 15 is 0 Å². The molecule has 0 aliphatic carbocycles. The fraction of sp³-hybridized carbons (Fsp3) is 0.211. The zero-order chi connectivity index (χ0) is 19.6. The van der Waals surface area contributed by atoms with E-state index in [1.165, 1.54) is 24.9 Å². The third kappa shape index (κ3) is 6.41. The molecule has 142 valence electrons. The lowest BCUT2D eigenvalue weighted by atomic mass is 10.2. The van der Waals surface area contributed by atoms with E-state index in [4.69, 9.17) is 4.74 Å². The summed E-state index contributed by atoms with van der Waals surface area (Å²) in [5.74, 6) is -1.56. The van der Waals surface area contributed by atoms with Gasteiger partial charge in [-0.3, -0.25) is 9.59 Å². The zero-order valence-electron chi connectivity index (χ0n) is 14.7. The first-order chi connectivity index (χ1) is 13.0. The first-order valence-corrected chi connectivity index (χ1v) is 9.09. The van der Waals surface area contributed by atoms with Crippen LogP contribution in [0.5, 0.6) is 0 Å². The molecule has 0 fully saturated rings. The number of benzene rings is 2. The fourth-order valence-electron chi connectivity index (χ4n) is 2.06. The lowest BCUT2D eigenvalue weighted by Gasteiger charge is -2.10. The van der Waals surface area contributed by atoms with Crippen LogP contribution in [0.15, 0.2) is 53.4 Å². The molecule has 2 aromatic rings. The van der Waals surface area contributed by atoms with Gasteiger partial charge < -0.3 is 15.4 Å². The van der Waals surface area contributed by atoms with Crippen LogP contribution in [0.25, 0.3) is 0 Å². The molecule has 2 N–H and O–H groups in total. The van der Waals surface area contributed by atoms with Crippen LogP contribution < -0.4 is 10.6 Å². The van der Waals surface area contributed by atoms with Gasteiger partial charge >= 0.3 is 5.97 Å². The Hall–Kier alpha value is -2.87. The number of carbonyl (C=O) groups excluding carboxylic acids is 3. The van der Waals surface area contributed by atoms with E-state index in [0.717, 1.165) is 0 Å². The number of amides is 2. The quantitative estimate of drug-likeness (QED) is 0.533. The van der Waals surface area contributed by atoms with Crippen molar-refractivity contribution in [3.05, 3.63) is 65.5 Å². The smallest absolute Gasteiger partial charge is 0.339 e. The van der Waals surface area contributed by atoms with E-state index < -0.39 is 18.5 Å². The van der Waals surface area contributed by atoms with Gasteiger partial charge in [0.05, 0.1) is 12.1 Å². The minimum atomic E-state index is -0.665. The fourth-order valence-corrected chi connectivity index (χ4v) is 3.09. The second-order valence-corrected chi connectivity index (χ2v) is 6.42. The van der Waals surface area contributed by atoms with E-state index in [1.807, 2.05) is 0 Å². The van der Waals surface area contributed by atoms with Crippen molar-refractivity contribution in [2.45, 2.75) is 10.6 Å². The molecule has 0 spiro atoms. The molecule has 8 heteroatoms. The lowest BCUT2D eigenvalue weighted by Crippen LogP contribution is -2.37. The minimum Gasteiger partial charge on any atom is -0.452 e. The maximum Gasteiger partial charge on any atom is 0.339 e. The highest BCUT2D eigenvalue weighted by Crippen LogP contribution is 2.27. The number of rotatable bonds is 8. The Morgan fingerprint density at radius 2 is 1.74 bits per heavy atom. The van der Waals surface area contributed by atoms with Crippen LogP contribution in [0.3, 0.4) is 0 Å². The van der Waals surface area contributed by atoms with Gasteiger partial charge in [0.15, 0.2) is 6.61 Å². The van der Waals surface area contributed by atoms with Crippen molar-refractivity contribution >= 4 is 29.5 Å². The molecular weight excluding hydrogens is 371 g/mol. The SMILES string of the molecule is CNC(=O)CNC(=O)COC(=O)c1ccccc1SCc1ccccc1F. The van der Waals surface area contributed by atoms with Crippen LogP contribution in [0.2, 0.25) is 0 Å². The van der Waals surface area contributed by atoms with Crippen molar-refractivity contribution < 1.29 is 23.5 Å². The van der Waals surface area contributed by atoms with E-state index in [2.05, 4.69) is 10.6 Å². The third-order valence-electron chi connectivity index (χ3n) is 3.51. The summed E-state index contributed by atoms with van der Waals surface area (Å²) in [4.78, 5) is 35.6. The molecule has 0 saturated heterocycles. The Labute approximate surface area is 160 Å². The van der Waals surface area contributed by atoms with Crippen LogP contribution in [0, 0.1) is 5.82 Å². The second kappa shape index (κ2) is 10.3. The van der Waals surface area contributed by atoms with E-state index in [9.17, 15) is 18.8 Å². The number of hydrogen-bond donors (Lipinski definition) is 2. The predicted octanol–water partition coefficient (Wildman–Crippen LogP) is 2.14. The molecule has 27 heavy (non-hydrogen) atoms. The van der Waals surface area contributed by atoms with Crippen LogP contribution in [-0.4, -0.2) is 38.0 Å². The van der Waals surface area contributed by atoms with Gasteiger partial charge in [-0.25, -0.2) is 9.18 Å². The molecule has 0 bridgehead atoms. The molecule has 0 radical (unpaired) electrons. The second-order valence-electron chi connectivity index (χ2n) is 5.40. The molecule has 2 aromatic carbocycles. The summed E-state index contributed by atoms with van der Waals surface area (Å²) in [7, 11) is 1.45. The van der Waals surface area contributed by atoms with Crippen molar-refractivity contribution in [3.63, 3.8) is 0 Å². The molecule has 0 saturated carbocycles. The normalized spacial score (nSPS) is 10.1. The molecule has 0 aromatic heterocycles. The summed E-state index contributed by atoms with van der Waals surface area (Å²) in [6.45, 7) is -0.690. The first kappa shape index (κ1) is 20.4.